The van der Waals surface area contributed by atoms with Crippen molar-refractivity contribution in [2.24, 2.45) is 11.7 Å². The lowest BCUT2D eigenvalue weighted by atomic mass is 9.93. The summed E-state index contributed by atoms with van der Waals surface area (Å²) in [6.45, 7) is 3.58. The monoisotopic (exact) mass is 271 g/mol. The third-order valence-electron chi connectivity index (χ3n) is 3.77. The van der Waals surface area contributed by atoms with Gasteiger partial charge in [-0.1, -0.05) is 0 Å². The molecule has 0 aliphatic carbocycles. The highest BCUT2D eigenvalue weighted by atomic mass is 16.4. The van der Waals surface area contributed by atoms with E-state index in [2.05, 4.69) is 0 Å². The minimum absolute atomic E-state index is 0.0217. The second-order valence-electron chi connectivity index (χ2n) is 5.09. The maximum atomic E-state index is 12.3. The summed E-state index contributed by atoms with van der Waals surface area (Å²) in [5.74, 6) is -1.83. The molecule has 1 aliphatic rings. The first-order chi connectivity index (χ1) is 8.75. The number of carboxylic acid groups (broad SMARTS) is 1. The fourth-order valence-corrected chi connectivity index (χ4v) is 2.14. The molecule has 3 unspecified atom stereocenters. The highest BCUT2D eigenvalue weighted by molar-refractivity contribution is 5.83. The lowest BCUT2D eigenvalue weighted by molar-refractivity contribution is -0.141. The fourth-order valence-electron chi connectivity index (χ4n) is 2.14. The van der Waals surface area contributed by atoms with Gasteiger partial charge in [-0.2, -0.15) is 0 Å². The number of hydrogen-bond donors (Lipinski definition) is 2. The second-order valence-corrected chi connectivity index (χ2v) is 5.09. The lowest BCUT2D eigenvalue weighted by Gasteiger charge is -2.39. The average Bonchev–Trinajstić information content (AvgIpc) is 2.36. The standard InChI is InChI=1S/C12H21N3O4/c1-7-4-5-9(10(13)16)6-15(7)12(19)14(3)8(2)11(17)18/h7-9H,4-6H2,1-3H3,(H2,13,16)(H,17,18). The molecular weight excluding hydrogens is 250 g/mol. The van der Waals surface area contributed by atoms with E-state index >= 15 is 0 Å². The molecular formula is C12H21N3O4. The summed E-state index contributed by atoms with van der Waals surface area (Å²) in [4.78, 5) is 37.1. The molecule has 19 heavy (non-hydrogen) atoms. The van der Waals surface area contributed by atoms with Gasteiger partial charge in [0.25, 0.3) is 0 Å². The number of hydrogen-bond acceptors (Lipinski definition) is 3. The van der Waals surface area contributed by atoms with Gasteiger partial charge in [0.05, 0.1) is 5.92 Å². The summed E-state index contributed by atoms with van der Waals surface area (Å²) in [6, 6.07) is -1.31. The molecule has 7 nitrogen and oxygen atoms in total. The molecule has 1 rings (SSSR count). The SMILES string of the molecule is CC(C(=O)O)N(C)C(=O)N1CC(C(N)=O)CCC1C. The van der Waals surface area contributed by atoms with Gasteiger partial charge in [0.1, 0.15) is 6.04 Å². The smallest absolute Gasteiger partial charge is 0.326 e. The molecule has 1 heterocycles. The van der Waals surface area contributed by atoms with Crippen molar-refractivity contribution in [3.63, 3.8) is 0 Å². The molecule has 0 aromatic heterocycles. The molecule has 3 amide bonds. The van der Waals surface area contributed by atoms with Gasteiger partial charge in [0.15, 0.2) is 0 Å². The van der Waals surface area contributed by atoms with Crippen LogP contribution in [0.5, 0.6) is 0 Å². The van der Waals surface area contributed by atoms with E-state index in [4.69, 9.17) is 10.8 Å². The van der Waals surface area contributed by atoms with Crippen LogP contribution >= 0.6 is 0 Å². The van der Waals surface area contributed by atoms with Crippen molar-refractivity contribution in [3.8, 4) is 0 Å². The Morgan fingerprint density at radius 1 is 1.37 bits per heavy atom. The molecule has 1 fully saturated rings. The Bertz CT molecular complexity index is 385. The van der Waals surface area contributed by atoms with Gasteiger partial charge in [0, 0.05) is 19.6 Å². The van der Waals surface area contributed by atoms with Gasteiger partial charge < -0.3 is 20.6 Å². The molecule has 1 saturated heterocycles. The van der Waals surface area contributed by atoms with Crippen molar-refractivity contribution in [2.75, 3.05) is 13.6 Å². The average molecular weight is 271 g/mol. The number of carbonyl (C=O) groups is 3. The number of nitrogens with two attached hydrogens (primary N) is 1. The van der Waals surface area contributed by atoms with E-state index in [0.717, 1.165) is 0 Å². The maximum absolute atomic E-state index is 12.3. The van der Waals surface area contributed by atoms with Gasteiger partial charge in [0.2, 0.25) is 5.91 Å². The molecule has 108 valence electrons. The number of amides is 3. The predicted octanol–water partition coefficient (Wildman–Crippen LogP) is 0.0971. The number of nitrogens with zero attached hydrogens (tertiary/aromatic N) is 2. The third kappa shape index (κ3) is 3.36. The summed E-state index contributed by atoms with van der Waals surface area (Å²) in [7, 11) is 1.45. The summed E-state index contributed by atoms with van der Waals surface area (Å²) >= 11 is 0. The zero-order chi connectivity index (χ0) is 14.7. The van der Waals surface area contributed by atoms with Gasteiger partial charge in [-0.25, -0.2) is 9.59 Å². The molecule has 0 saturated carbocycles. The van der Waals surface area contributed by atoms with Gasteiger partial charge in [-0.3, -0.25) is 4.79 Å². The summed E-state index contributed by atoms with van der Waals surface area (Å²) < 4.78 is 0. The third-order valence-corrected chi connectivity index (χ3v) is 3.77. The van der Waals surface area contributed by atoms with Crippen molar-refractivity contribution in [2.45, 2.75) is 38.8 Å². The highest BCUT2D eigenvalue weighted by Gasteiger charge is 2.35. The molecule has 3 N–H and O–H groups in total. The number of urea groups is 1. The van der Waals surface area contributed by atoms with Crippen LogP contribution in [-0.4, -0.2) is 58.5 Å². The summed E-state index contributed by atoms with van der Waals surface area (Å²) in [6.07, 6.45) is 1.35. The van der Waals surface area contributed by atoms with Gasteiger partial charge in [-0.15, -0.1) is 0 Å². The first-order valence-corrected chi connectivity index (χ1v) is 6.31. The van der Waals surface area contributed by atoms with Crippen molar-refractivity contribution < 1.29 is 19.5 Å². The Balaban J connectivity index is 2.78. The molecule has 0 bridgehead atoms. The van der Waals surface area contributed by atoms with Crippen molar-refractivity contribution in [1.29, 1.82) is 0 Å². The number of aliphatic carboxylic acids is 1. The topological polar surface area (TPSA) is 104 Å². The zero-order valence-electron chi connectivity index (χ0n) is 11.5. The quantitative estimate of drug-likeness (QED) is 0.759. The van der Waals surface area contributed by atoms with Crippen LogP contribution in [0, 0.1) is 5.92 Å². The minimum atomic E-state index is -1.06. The van der Waals surface area contributed by atoms with Gasteiger partial charge >= 0.3 is 12.0 Å². The van der Waals surface area contributed by atoms with E-state index in [-0.39, 0.29) is 24.5 Å². The van der Waals surface area contributed by atoms with E-state index in [9.17, 15) is 14.4 Å². The zero-order valence-corrected chi connectivity index (χ0v) is 11.5. The molecule has 0 radical (unpaired) electrons. The van der Waals surface area contributed by atoms with E-state index in [1.54, 1.807) is 0 Å². The normalized spacial score (nSPS) is 24.7. The molecule has 1 aliphatic heterocycles. The molecule has 0 spiro atoms. The summed E-state index contributed by atoms with van der Waals surface area (Å²) in [5, 5.41) is 8.92. The Hall–Kier alpha value is -1.79. The van der Waals surface area contributed by atoms with E-state index in [1.807, 2.05) is 6.92 Å². The van der Waals surface area contributed by atoms with Crippen LogP contribution in [0.15, 0.2) is 0 Å². The van der Waals surface area contributed by atoms with E-state index in [0.29, 0.717) is 12.8 Å². The van der Waals surface area contributed by atoms with Crippen LogP contribution in [-0.2, 0) is 9.59 Å². The number of carboxylic acids is 1. The van der Waals surface area contributed by atoms with Crippen molar-refractivity contribution in [1.82, 2.24) is 9.80 Å². The number of primary amides is 1. The number of likely N-dealkylation sites (N-methyl/N-ethyl adjacent to an activating group) is 1. The molecule has 0 aromatic rings. The van der Waals surface area contributed by atoms with Crippen molar-refractivity contribution >= 4 is 17.9 Å². The fraction of sp³-hybridized carbons (Fsp3) is 0.750. The molecule has 3 atom stereocenters. The van der Waals surface area contributed by atoms with E-state index in [1.165, 1.54) is 23.8 Å². The maximum Gasteiger partial charge on any atom is 0.326 e. The predicted molar refractivity (Wildman–Crippen MR) is 68.3 cm³/mol. The molecule has 0 aromatic carbocycles. The van der Waals surface area contributed by atoms with Gasteiger partial charge in [-0.05, 0) is 26.7 Å². The lowest BCUT2D eigenvalue weighted by Crippen LogP contribution is -2.55. The second kappa shape index (κ2) is 5.90. The highest BCUT2D eigenvalue weighted by Crippen LogP contribution is 2.23. The van der Waals surface area contributed by atoms with Crippen LogP contribution in [0.2, 0.25) is 0 Å². The largest absolute Gasteiger partial charge is 0.480 e. The summed E-state index contributed by atoms with van der Waals surface area (Å²) in [5.41, 5.74) is 5.27. The number of piperidine rings is 1. The Labute approximate surface area is 112 Å². The van der Waals surface area contributed by atoms with Crippen molar-refractivity contribution in [3.05, 3.63) is 0 Å². The Morgan fingerprint density at radius 3 is 2.42 bits per heavy atom. The number of carbonyl (C=O) groups excluding carboxylic acids is 2. The van der Waals surface area contributed by atoms with Crippen LogP contribution in [0.1, 0.15) is 26.7 Å². The minimum Gasteiger partial charge on any atom is -0.480 e. The van der Waals surface area contributed by atoms with Crippen LogP contribution in [0.3, 0.4) is 0 Å². The first-order valence-electron chi connectivity index (χ1n) is 6.31. The van der Waals surface area contributed by atoms with E-state index < -0.39 is 17.9 Å². The van der Waals surface area contributed by atoms with Crippen LogP contribution in [0.25, 0.3) is 0 Å². The van der Waals surface area contributed by atoms with Crippen LogP contribution in [0.4, 0.5) is 4.79 Å². The Morgan fingerprint density at radius 2 is 1.95 bits per heavy atom. The molecule has 7 heteroatoms. The Kier molecular flexibility index (Phi) is 4.74. The number of rotatable bonds is 3. The van der Waals surface area contributed by atoms with Crippen LogP contribution < -0.4 is 5.73 Å². The number of likely N-dealkylation sites (tertiary alicyclic amines) is 1. The first kappa shape index (κ1) is 15.3.